The molecule has 13 heteroatoms. The molecule has 224 valence electrons. The Morgan fingerprint density at radius 2 is 1.79 bits per heavy atom. The molecule has 3 aromatic rings. The summed E-state index contributed by atoms with van der Waals surface area (Å²) in [7, 11) is 3.38. The molecule has 2 aliphatic heterocycles. The summed E-state index contributed by atoms with van der Waals surface area (Å²) in [6, 6.07) is 3.73. The summed E-state index contributed by atoms with van der Waals surface area (Å²) >= 11 is 0. The van der Waals surface area contributed by atoms with E-state index in [0.717, 1.165) is 16.8 Å². The second kappa shape index (κ2) is 12.1. The lowest BCUT2D eigenvalue weighted by atomic mass is 10.0. The lowest BCUT2D eigenvalue weighted by molar-refractivity contribution is 0.0526. The number of amides is 1. The van der Waals surface area contributed by atoms with Crippen molar-refractivity contribution in [2.75, 3.05) is 61.5 Å². The van der Waals surface area contributed by atoms with Gasteiger partial charge in [-0.25, -0.2) is 23.1 Å². The Labute approximate surface area is 241 Å². The van der Waals surface area contributed by atoms with Gasteiger partial charge in [0.05, 0.1) is 29.6 Å². The number of morpholine rings is 1. The zero-order chi connectivity index (χ0) is 30.1. The van der Waals surface area contributed by atoms with E-state index in [1.54, 1.807) is 0 Å². The van der Waals surface area contributed by atoms with Crippen LogP contribution >= 0.6 is 0 Å². The number of hydrogen-bond acceptors (Lipinski definition) is 8. The molecule has 0 radical (unpaired) electrons. The van der Waals surface area contributed by atoms with E-state index in [-0.39, 0.29) is 29.0 Å². The lowest BCUT2D eigenvalue weighted by Gasteiger charge is -2.39. The number of hydrogen-bond donors (Lipinski definition) is 1. The number of nitrogens with one attached hydrogen (secondary N) is 1. The molecule has 10 nitrogen and oxygen atoms in total. The van der Waals surface area contributed by atoms with E-state index in [1.165, 1.54) is 31.6 Å². The molecule has 1 aromatic carbocycles. The minimum Gasteiger partial charge on any atom is -0.375 e. The largest absolute Gasteiger partial charge is 0.375 e. The molecule has 2 aliphatic rings. The quantitative estimate of drug-likeness (QED) is 0.470. The first kappa shape index (κ1) is 29.5. The van der Waals surface area contributed by atoms with Gasteiger partial charge in [-0.3, -0.25) is 9.59 Å². The highest BCUT2D eigenvalue weighted by Crippen LogP contribution is 2.36. The number of aryl methyl sites for hydroxylation is 1. The van der Waals surface area contributed by atoms with Crippen LogP contribution in [0.15, 0.2) is 41.6 Å². The van der Waals surface area contributed by atoms with Gasteiger partial charge in [0.15, 0.2) is 0 Å². The van der Waals surface area contributed by atoms with Crippen LogP contribution in [0, 0.1) is 5.82 Å². The van der Waals surface area contributed by atoms with Crippen LogP contribution in [0.5, 0.6) is 0 Å². The van der Waals surface area contributed by atoms with Gasteiger partial charge >= 0.3 is 0 Å². The van der Waals surface area contributed by atoms with Crippen molar-refractivity contribution in [1.29, 1.82) is 0 Å². The molecule has 0 unspecified atom stereocenters. The number of rotatable bonds is 6. The van der Waals surface area contributed by atoms with E-state index in [4.69, 9.17) is 4.74 Å². The predicted octanol–water partition coefficient (Wildman–Crippen LogP) is 3.54. The highest BCUT2D eigenvalue weighted by Gasteiger charge is 2.27. The van der Waals surface area contributed by atoms with Crippen LogP contribution in [0.3, 0.4) is 0 Å². The van der Waals surface area contributed by atoms with Crippen molar-refractivity contribution in [3.63, 3.8) is 0 Å². The number of carbonyl (C=O) groups is 1. The van der Waals surface area contributed by atoms with E-state index in [0.29, 0.717) is 56.5 Å². The summed E-state index contributed by atoms with van der Waals surface area (Å²) in [4.78, 5) is 40.4. The van der Waals surface area contributed by atoms with Crippen LogP contribution in [0.2, 0.25) is 0 Å². The number of aromatic nitrogens is 3. The minimum absolute atomic E-state index is 0.0353. The number of pyridine rings is 1. The Morgan fingerprint density at radius 1 is 1.05 bits per heavy atom. The van der Waals surface area contributed by atoms with Gasteiger partial charge in [0.2, 0.25) is 5.95 Å². The Balaban J connectivity index is 1.53. The Kier molecular flexibility index (Phi) is 8.50. The number of anilines is 3. The number of ether oxygens (including phenoxy) is 1. The summed E-state index contributed by atoms with van der Waals surface area (Å²) in [6.45, 7) is 7.68. The molecular formula is C29H34F3N7O3. The monoisotopic (exact) mass is 585 g/mol. The number of benzene rings is 1. The fourth-order valence-corrected chi connectivity index (χ4v) is 5.24. The van der Waals surface area contributed by atoms with Gasteiger partial charge in [-0.1, -0.05) is 0 Å². The highest BCUT2D eigenvalue weighted by atomic mass is 19.3. The summed E-state index contributed by atoms with van der Waals surface area (Å²) in [5.41, 5.74) is -0.472. The van der Waals surface area contributed by atoms with Crippen LogP contribution in [0.4, 0.5) is 30.5 Å². The van der Waals surface area contributed by atoms with Crippen molar-refractivity contribution >= 4 is 23.2 Å². The van der Waals surface area contributed by atoms with Gasteiger partial charge < -0.3 is 29.3 Å². The number of halogens is 3. The van der Waals surface area contributed by atoms with Crippen LogP contribution in [-0.2, 0) is 11.8 Å². The SMILES string of the molecule is C[C@H]1CN(c2ncc(-c3cc(NC(=O)c4cn(C)c(=O)cc4C(F)F)c(N4CCN(C)[C@@H](C)C4)cc3F)cn2)CCO1. The van der Waals surface area contributed by atoms with Crippen LogP contribution in [0.25, 0.3) is 11.1 Å². The van der Waals surface area contributed by atoms with Crippen LogP contribution < -0.4 is 20.7 Å². The average molecular weight is 586 g/mol. The van der Waals surface area contributed by atoms with Crippen LogP contribution in [-0.4, -0.2) is 83.9 Å². The molecule has 2 aromatic heterocycles. The van der Waals surface area contributed by atoms with Crippen molar-refractivity contribution in [3.8, 4) is 11.1 Å². The average Bonchev–Trinajstić information content (AvgIpc) is 2.96. The molecule has 0 bridgehead atoms. The highest BCUT2D eigenvalue weighted by molar-refractivity contribution is 6.07. The summed E-state index contributed by atoms with van der Waals surface area (Å²) < 4.78 is 49.9. The fraction of sp³-hybridized carbons (Fsp3) is 0.448. The number of nitrogens with zero attached hydrogens (tertiary/aromatic N) is 6. The smallest absolute Gasteiger partial charge is 0.264 e. The molecule has 0 aliphatic carbocycles. The molecule has 2 atom stereocenters. The summed E-state index contributed by atoms with van der Waals surface area (Å²) in [5.74, 6) is -0.878. The van der Waals surface area contributed by atoms with Gasteiger partial charge in [0.25, 0.3) is 17.9 Å². The zero-order valence-corrected chi connectivity index (χ0v) is 24.0. The van der Waals surface area contributed by atoms with E-state index < -0.39 is 29.3 Å². The third kappa shape index (κ3) is 6.12. The maximum atomic E-state index is 15.7. The van der Waals surface area contributed by atoms with Crippen molar-refractivity contribution in [2.45, 2.75) is 32.4 Å². The van der Waals surface area contributed by atoms with Gasteiger partial charge in [-0.15, -0.1) is 0 Å². The number of carbonyl (C=O) groups excluding carboxylic acids is 1. The maximum Gasteiger partial charge on any atom is 0.264 e. The third-order valence-electron chi connectivity index (χ3n) is 7.85. The molecular weight excluding hydrogens is 551 g/mol. The number of alkyl halides is 2. The maximum absolute atomic E-state index is 15.7. The van der Waals surface area contributed by atoms with Crippen molar-refractivity contribution in [3.05, 3.63) is 64.1 Å². The topological polar surface area (TPSA) is 95.8 Å². The fourth-order valence-electron chi connectivity index (χ4n) is 5.24. The summed E-state index contributed by atoms with van der Waals surface area (Å²) in [5, 5.41) is 2.72. The first-order valence-electron chi connectivity index (χ1n) is 13.8. The molecule has 0 spiro atoms. The van der Waals surface area contributed by atoms with Gasteiger partial charge in [0, 0.05) is 87.2 Å². The lowest BCUT2D eigenvalue weighted by Crippen LogP contribution is -2.50. The molecule has 42 heavy (non-hydrogen) atoms. The Morgan fingerprint density at radius 3 is 2.45 bits per heavy atom. The molecule has 1 amide bonds. The third-order valence-corrected chi connectivity index (χ3v) is 7.85. The van der Waals surface area contributed by atoms with Crippen molar-refractivity contribution in [1.82, 2.24) is 19.4 Å². The minimum atomic E-state index is -3.04. The molecule has 0 saturated carbocycles. The molecule has 4 heterocycles. The van der Waals surface area contributed by atoms with Crippen LogP contribution in [0.1, 0.15) is 36.2 Å². The summed E-state index contributed by atoms with van der Waals surface area (Å²) in [6.07, 6.45) is 1.12. The molecule has 2 fully saturated rings. The second-order valence-electron chi connectivity index (χ2n) is 10.9. The Hall–Kier alpha value is -3.97. The van der Waals surface area contributed by atoms with E-state index in [2.05, 4.69) is 20.2 Å². The number of likely N-dealkylation sites (N-methyl/N-ethyl adjacent to an activating group) is 1. The standard InChI is InChI=1S/C29H34F3N7O3/c1-17-14-38(6-5-36(17)3)25-11-23(30)20(19-12-33-29(34-13-19)39-7-8-42-18(2)15-39)9-24(25)35-28(41)22-16-37(4)26(40)10-21(22)27(31)32/h9-13,16-18,27H,5-8,14-15H2,1-4H3,(H,35,41)/t17-,18-/m0/s1. The molecule has 5 rings (SSSR count). The van der Waals surface area contributed by atoms with Gasteiger partial charge in [-0.2, -0.15) is 0 Å². The molecule has 1 N–H and O–H groups in total. The zero-order valence-electron chi connectivity index (χ0n) is 24.0. The van der Waals surface area contributed by atoms with Gasteiger partial charge in [0.1, 0.15) is 5.82 Å². The molecule has 2 saturated heterocycles. The number of piperazine rings is 1. The van der Waals surface area contributed by atoms with Gasteiger partial charge in [-0.05, 0) is 33.0 Å². The predicted molar refractivity (Wildman–Crippen MR) is 154 cm³/mol. The first-order chi connectivity index (χ1) is 20.0. The normalized spacial score (nSPS) is 19.8. The van der Waals surface area contributed by atoms with E-state index >= 15 is 4.39 Å². The van der Waals surface area contributed by atoms with Crippen molar-refractivity contribution < 1.29 is 22.7 Å². The second-order valence-corrected chi connectivity index (χ2v) is 10.9. The van der Waals surface area contributed by atoms with E-state index in [9.17, 15) is 18.4 Å². The Bertz CT molecular complexity index is 1520. The van der Waals surface area contributed by atoms with E-state index in [1.807, 2.05) is 30.7 Å². The van der Waals surface area contributed by atoms with Crippen molar-refractivity contribution in [2.24, 2.45) is 7.05 Å². The first-order valence-corrected chi connectivity index (χ1v) is 13.8.